The molecule has 3 aromatic rings. The first-order valence-corrected chi connectivity index (χ1v) is 9.43. The standard InChI is InChI=1S/C17H16ClN3S2/c1-10-11(2)19-17(20-12(10)3)23-9-13-8-22-16(21-13)14-6-4-5-7-15(14)18/h4-8H,9H2,1-3H3. The molecule has 0 saturated heterocycles. The van der Waals surface area contributed by atoms with Crippen molar-refractivity contribution in [3.8, 4) is 10.6 Å². The molecule has 6 heteroatoms. The fraction of sp³-hybridized carbons (Fsp3) is 0.235. The molecule has 2 heterocycles. The van der Waals surface area contributed by atoms with Crippen molar-refractivity contribution < 1.29 is 0 Å². The van der Waals surface area contributed by atoms with E-state index in [1.165, 1.54) is 0 Å². The molecule has 0 atom stereocenters. The molecule has 0 unspecified atom stereocenters. The molecule has 0 radical (unpaired) electrons. The molecule has 0 bridgehead atoms. The van der Waals surface area contributed by atoms with Crippen molar-refractivity contribution in [2.45, 2.75) is 31.7 Å². The second-order valence-electron chi connectivity index (χ2n) is 5.21. The highest BCUT2D eigenvalue weighted by Gasteiger charge is 2.10. The Kier molecular flexibility index (Phi) is 4.99. The van der Waals surface area contributed by atoms with Gasteiger partial charge < -0.3 is 0 Å². The second kappa shape index (κ2) is 6.99. The largest absolute Gasteiger partial charge is 0.240 e. The Balaban J connectivity index is 1.74. The molecule has 0 spiro atoms. The van der Waals surface area contributed by atoms with Crippen molar-refractivity contribution >= 4 is 34.7 Å². The Morgan fingerprint density at radius 2 is 1.74 bits per heavy atom. The lowest BCUT2D eigenvalue weighted by Crippen LogP contribution is -1.98. The van der Waals surface area contributed by atoms with Crippen LogP contribution in [0.15, 0.2) is 34.8 Å². The highest BCUT2D eigenvalue weighted by Crippen LogP contribution is 2.31. The van der Waals surface area contributed by atoms with E-state index in [0.29, 0.717) is 0 Å². The molecule has 0 amide bonds. The zero-order chi connectivity index (χ0) is 16.4. The summed E-state index contributed by atoms with van der Waals surface area (Å²) in [7, 11) is 0. The minimum atomic E-state index is 0.731. The van der Waals surface area contributed by atoms with Crippen LogP contribution in [0.2, 0.25) is 5.02 Å². The van der Waals surface area contributed by atoms with E-state index in [2.05, 4.69) is 27.3 Å². The molecule has 0 aliphatic heterocycles. The number of hydrogen-bond acceptors (Lipinski definition) is 5. The van der Waals surface area contributed by atoms with E-state index in [4.69, 9.17) is 11.6 Å². The third-order valence-corrected chi connectivity index (χ3v) is 5.75. The molecule has 1 aromatic carbocycles. The van der Waals surface area contributed by atoms with Gasteiger partial charge in [-0.05, 0) is 32.4 Å². The van der Waals surface area contributed by atoms with E-state index in [-0.39, 0.29) is 0 Å². The lowest BCUT2D eigenvalue weighted by atomic mass is 10.2. The summed E-state index contributed by atoms with van der Waals surface area (Å²) in [6, 6.07) is 7.78. The fourth-order valence-electron chi connectivity index (χ4n) is 2.08. The van der Waals surface area contributed by atoms with Gasteiger partial charge in [0.05, 0.1) is 10.7 Å². The number of aromatic nitrogens is 3. The van der Waals surface area contributed by atoms with Gasteiger partial charge in [-0.3, -0.25) is 0 Å². The molecule has 0 saturated carbocycles. The van der Waals surface area contributed by atoms with Crippen LogP contribution in [0.25, 0.3) is 10.6 Å². The molecule has 0 aliphatic carbocycles. The summed E-state index contributed by atoms with van der Waals surface area (Å²) < 4.78 is 0. The van der Waals surface area contributed by atoms with Gasteiger partial charge in [0.25, 0.3) is 0 Å². The average molecular weight is 362 g/mol. The molecule has 0 N–H and O–H groups in total. The van der Waals surface area contributed by atoms with Crippen LogP contribution >= 0.6 is 34.7 Å². The highest BCUT2D eigenvalue weighted by molar-refractivity contribution is 7.98. The van der Waals surface area contributed by atoms with E-state index >= 15 is 0 Å². The number of halogens is 1. The van der Waals surface area contributed by atoms with Crippen LogP contribution in [0.4, 0.5) is 0 Å². The summed E-state index contributed by atoms with van der Waals surface area (Å²) in [5.41, 5.74) is 5.23. The third-order valence-electron chi connectivity index (χ3n) is 3.62. The van der Waals surface area contributed by atoms with Crippen molar-refractivity contribution in [2.24, 2.45) is 0 Å². The minimum Gasteiger partial charge on any atom is -0.240 e. The molecule has 2 aromatic heterocycles. The monoisotopic (exact) mass is 361 g/mol. The zero-order valence-electron chi connectivity index (χ0n) is 13.1. The maximum absolute atomic E-state index is 6.23. The first-order valence-electron chi connectivity index (χ1n) is 7.18. The van der Waals surface area contributed by atoms with Crippen LogP contribution in [0.3, 0.4) is 0 Å². The number of hydrogen-bond donors (Lipinski definition) is 0. The first kappa shape index (κ1) is 16.4. The number of benzene rings is 1. The number of thioether (sulfide) groups is 1. The van der Waals surface area contributed by atoms with Gasteiger partial charge in [0.15, 0.2) is 5.16 Å². The number of aryl methyl sites for hydroxylation is 2. The van der Waals surface area contributed by atoms with Gasteiger partial charge in [0, 0.05) is 28.1 Å². The van der Waals surface area contributed by atoms with Gasteiger partial charge in [-0.1, -0.05) is 41.6 Å². The number of thiazole rings is 1. The SMILES string of the molecule is Cc1nc(SCc2csc(-c3ccccc3Cl)n2)nc(C)c1C. The predicted octanol–water partition coefficient (Wildman–Crippen LogP) is 5.47. The minimum absolute atomic E-state index is 0.731. The third kappa shape index (κ3) is 3.74. The lowest BCUT2D eigenvalue weighted by molar-refractivity contribution is 0.880. The van der Waals surface area contributed by atoms with Gasteiger partial charge in [-0.25, -0.2) is 15.0 Å². The Hall–Kier alpha value is -1.43. The Labute approximate surface area is 149 Å². The summed E-state index contributed by atoms with van der Waals surface area (Å²) >= 11 is 9.46. The summed E-state index contributed by atoms with van der Waals surface area (Å²) in [6.07, 6.45) is 0. The summed E-state index contributed by atoms with van der Waals surface area (Å²) in [4.78, 5) is 13.7. The van der Waals surface area contributed by atoms with Crippen molar-refractivity contribution in [1.82, 2.24) is 15.0 Å². The summed E-state index contributed by atoms with van der Waals surface area (Å²) in [6.45, 7) is 6.09. The van der Waals surface area contributed by atoms with Crippen molar-refractivity contribution in [3.63, 3.8) is 0 Å². The smallest absolute Gasteiger partial charge is 0.188 e. The van der Waals surface area contributed by atoms with Gasteiger partial charge in [0.1, 0.15) is 5.01 Å². The van der Waals surface area contributed by atoms with E-state index in [0.717, 1.165) is 49.1 Å². The van der Waals surface area contributed by atoms with Gasteiger partial charge in [-0.2, -0.15) is 0 Å². The van der Waals surface area contributed by atoms with Crippen molar-refractivity contribution in [1.29, 1.82) is 0 Å². The Bertz CT molecular complexity index is 822. The van der Waals surface area contributed by atoms with Crippen LogP contribution < -0.4 is 0 Å². The van der Waals surface area contributed by atoms with E-state index in [9.17, 15) is 0 Å². The van der Waals surface area contributed by atoms with Gasteiger partial charge in [-0.15, -0.1) is 11.3 Å². The van der Waals surface area contributed by atoms with E-state index in [1.54, 1.807) is 23.1 Å². The fourth-order valence-corrected chi connectivity index (χ4v) is 4.15. The topological polar surface area (TPSA) is 38.7 Å². The van der Waals surface area contributed by atoms with E-state index < -0.39 is 0 Å². The lowest BCUT2D eigenvalue weighted by Gasteiger charge is -2.05. The maximum atomic E-state index is 6.23. The van der Waals surface area contributed by atoms with Crippen LogP contribution in [0.1, 0.15) is 22.6 Å². The first-order chi connectivity index (χ1) is 11.0. The summed E-state index contributed by atoms with van der Waals surface area (Å²) in [5.74, 6) is 0.753. The quantitative estimate of drug-likeness (QED) is 0.456. The zero-order valence-corrected chi connectivity index (χ0v) is 15.5. The highest BCUT2D eigenvalue weighted by atomic mass is 35.5. The molecule has 23 heavy (non-hydrogen) atoms. The summed E-state index contributed by atoms with van der Waals surface area (Å²) in [5, 5.41) is 4.55. The van der Waals surface area contributed by atoms with Crippen LogP contribution in [-0.2, 0) is 5.75 Å². The molecule has 118 valence electrons. The Morgan fingerprint density at radius 3 is 2.43 bits per heavy atom. The second-order valence-corrected chi connectivity index (χ2v) is 7.42. The Morgan fingerprint density at radius 1 is 1.04 bits per heavy atom. The molecule has 3 rings (SSSR count). The van der Waals surface area contributed by atoms with Crippen LogP contribution in [-0.4, -0.2) is 15.0 Å². The predicted molar refractivity (Wildman–Crippen MR) is 98.4 cm³/mol. The van der Waals surface area contributed by atoms with Gasteiger partial charge >= 0.3 is 0 Å². The van der Waals surface area contributed by atoms with Gasteiger partial charge in [0.2, 0.25) is 0 Å². The maximum Gasteiger partial charge on any atom is 0.188 e. The van der Waals surface area contributed by atoms with Crippen LogP contribution in [0, 0.1) is 20.8 Å². The van der Waals surface area contributed by atoms with Crippen molar-refractivity contribution in [3.05, 3.63) is 57.3 Å². The normalized spacial score (nSPS) is 11.0. The van der Waals surface area contributed by atoms with Crippen LogP contribution in [0.5, 0.6) is 0 Å². The molecular weight excluding hydrogens is 346 g/mol. The molecule has 0 fully saturated rings. The molecule has 0 aliphatic rings. The van der Waals surface area contributed by atoms with Crippen molar-refractivity contribution in [2.75, 3.05) is 0 Å². The average Bonchev–Trinajstić information content (AvgIpc) is 2.99. The molecule has 3 nitrogen and oxygen atoms in total. The number of rotatable bonds is 4. The van der Waals surface area contributed by atoms with E-state index in [1.807, 2.05) is 38.1 Å². The number of nitrogens with zero attached hydrogens (tertiary/aromatic N) is 3. The molecular formula is C17H16ClN3S2.